The predicted octanol–water partition coefficient (Wildman–Crippen LogP) is 29.3. The lowest BCUT2D eigenvalue weighted by molar-refractivity contribution is -0.228. The smallest absolute Gasteiger partial charge is 0.627 e. The molecule has 0 unspecified atom stereocenters. The Morgan fingerprint density at radius 1 is 0.328 bits per heavy atom. The Morgan fingerprint density at radius 3 is 1.04 bits per heavy atom. The van der Waals surface area contributed by atoms with E-state index >= 15 is 0 Å². The molecule has 22 heteroatoms. The van der Waals surface area contributed by atoms with Crippen LogP contribution in [0.3, 0.4) is 0 Å². The van der Waals surface area contributed by atoms with Gasteiger partial charge in [-0.15, -0.1) is 0 Å². The van der Waals surface area contributed by atoms with Crippen LogP contribution in [0.25, 0.3) is 83.4 Å². The van der Waals surface area contributed by atoms with Gasteiger partial charge in [-0.3, -0.25) is 9.59 Å². The maximum atomic E-state index is 14.9. The molecule has 0 N–H and O–H groups in total. The topological polar surface area (TPSA) is 131 Å². The summed E-state index contributed by atoms with van der Waals surface area (Å²) in [6.07, 6.45) is 12.2. The second kappa shape index (κ2) is 37.9. The van der Waals surface area contributed by atoms with Gasteiger partial charge in [0, 0.05) is 134 Å². The van der Waals surface area contributed by atoms with Crippen LogP contribution < -0.4 is 14.4 Å². The van der Waals surface area contributed by atoms with Crippen LogP contribution in [0.5, 0.6) is 0 Å². The molecule has 22 rings (SSSR count). The van der Waals surface area contributed by atoms with Gasteiger partial charge in [0.2, 0.25) is 17.1 Å². The zero-order valence-electron chi connectivity index (χ0n) is 74.3. The number of para-hydroxylation sites is 6. The maximum Gasteiger partial charge on any atom is 1.04 e. The van der Waals surface area contributed by atoms with Crippen molar-refractivity contribution in [1.82, 2.24) is 13.7 Å². The first-order chi connectivity index (χ1) is 65.6. The number of fused-ring (bicyclic) bond motifs is 9. The summed E-state index contributed by atoms with van der Waals surface area (Å²) in [4.78, 5) is 29.2. The lowest BCUT2D eigenvalue weighted by Crippen LogP contribution is -2.49. The third-order valence-electron chi connectivity index (χ3n) is 24.0. The number of carbonyl (C=O) groups is 2. The van der Waals surface area contributed by atoms with Crippen molar-refractivity contribution >= 4 is 157 Å². The number of aromatic nitrogens is 2. The molecule has 4 aliphatic heterocycles. The van der Waals surface area contributed by atoms with E-state index in [1.807, 2.05) is 188 Å². The first kappa shape index (κ1) is 90.5. The van der Waals surface area contributed by atoms with Gasteiger partial charge < -0.3 is 72.8 Å². The summed E-state index contributed by atoms with van der Waals surface area (Å²) < 4.78 is 108. The molecule has 5 aliphatic rings. The van der Waals surface area contributed by atoms with Gasteiger partial charge in [0.15, 0.2) is 0 Å². The van der Waals surface area contributed by atoms with Crippen LogP contribution in [0.1, 0.15) is 87.5 Å². The number of nitrogens with zero attached hydrogens (tertiary/aromatic N) is 5. The average Bonchev–Trinajstić information content (AvgIpc) is 1.57. The van der Waals surface area contributed by atoms with Gasteiger partial charge in [-0.1, -0.05) is 213 Å². The average molecular weight is 1810 g/mol. The molecule has 0 spiro atoms. The fraction of sp³-hybridized carbons (Fsp3) is 0.0696. The molecule has 137 heavy (non-hydrogen) atoms. The van der Waals surface area contributed by atoms with E-state index in [1.165, 1.54) is 42.2 Å². The maximum absolute atomic E-state index is 14.9. The number of carbonyl (C=O) groups excluding carboxylic acids is 4. The number of hydrogen-bond acceptors (Lipinski definition) is 10. The summed E-state index contributed by atoms with van der Waals surface area (Å²) >= 11 is 0. The molecule has 0 saturated carbocycles. The van der Waals surface area contributed by atoms with Crippen LogP contribution in [0.2, 0.25) is 0 Å². The zero-order chi connectivity index (χ0) is 92.6. The predicted molar refractivity (Wildman–Crippen MR) is 548 cm³/mol. The molecule has 17 aromatic rings. The van der Waals surface area contributed by atoms with Gasteiger partial charge >= 0.3 is 21.2 Å². The Hall–Kier alpha value is -17.0. The molecule has 676 valence electrons. The number of halogens is 4. The monoisotopic (exact) mass is 1810 g/mol. The Morgan fingerprint density at radius 2 is 0.642 bits per heavy atom. The number of benzene rings is 15. The lowest BCUT2D eigenvalue weighted by Gasteiger charge is -2.35. The van der Waals surface area contributed by atoms with Crippen molar-refractivity contribution in [2.75, 3.05) is 9.80 Å². The fourth-order valence-electron chi connectivity index (χ4n) is 17.7. The molecule has 0 saturated heterocycles. The quantitative estimate of drug-likeness (QED) is 0.0423. The molecule has 2 aromatic heterocycles. The van der Waals surface area contributed by atoms with Gasteiger partial charge in [-0.05, 0) is 222 Å². The minimum Gasteiger partial charge on any atom is -0.627 e. The number of anilines is 6. The molecule has 0 atom stereocenters. The van der Waals surface area contributed by atoms with E-state index in [2.05, 4.69) is 221 Å². The summed E-state index contributed by atoms with van der Waals surface area (Å²) in [5.74, 6) is -0.595. The number of aryl methyl sites for hydroxylation is 4. The molecule has 1 aliphatic carbocycles. The Balaban J connectivity index is 0.000000140. The fourth-order valence-corrected chi connectivity index (χ4v) is 17.7. The summed E-state index contributed by atoms with van der Waals surface area (Å²) in [6, 6.07) is 122. The van der Waals surface area contributed by atoms with Crippen molar-refractivity contribution in [3.63, 3.8) is 0 Å². The number of hydrogen-bond donors (Lipinski definition) is 0. The normalized spacial score (nSPS) is 14.5. The van der Waals surface area contributed by atoms with Crippen molar-refractivity contribution in [2.45, 2.75) is 56.4 Å². The first-order valence-electron chi connectivity index (χ1n) is 44.4. The molecule has 0 bridgehead atoms. The van der Waals surface area contributed by atoms with Crippen molar-refractivity contribution in [1.29, 1.82) is 0 Å². The van der Waals surface area contributed by atoms with E-state index in [0.717, 1.165) is 117 Å². The largest absolute Gasteiger partial charge is 1.04 e. The second-order valence-electron chi connectivity index (χ2n) is 33.4. The third-order valence-corrected chi connectivity index (χ3v) is 24.0. The van der Waals surface area contributed by atoms with Crippen LogP contribution in [-0.2, 0) is 37.5 Å². The van der Waals surface area contributed by atoms with Gasteiger partial charge in [-0.25, -0.2) is 0 Å². The number of ketones is 2. The lowest BCUT2D eigenvalue weighted by atomic mass is 9.98. The van der Waals surface area contributed by atoms with Gasteiger partial charge in [-0.2, -0.15) is 4.58 Å². The molecule has 15 nitrogen and oxygen atoms in total. The standard InChI is InChI=1S/C47H43BN2O6.C39H25BF2N2O2.C27H18BF2NO2.2CH4/c1-32-7-19-40(20-8-32)49(41-21-9-33(2)10-22-41)44-27-15-38(16-28-44)46-31-47(56-48(55-46,53-36(5)51)54-37(6)52)39-17-29-45(30-18-39)50(42-23-11-34(3)12-24-42)43-25-13-35(4)14-26-43;41-40(42)45-38(26-17-21-28(22-18-26)43-34-13-5-1-9-30(34)31-10-2-6-14-35(31)43)25-39(46-40)27-19-23-29(24-20-27)44-36-15-7-3-11-32(36)33-12-4-8-16-37(33)44;29-28(30)32-26(19-8-2-1-3-9-19)18-27(33-28)20-14-16-21(17-15-20)31-24-12-6-4-10-22(24)23-11-5-7-13-25(23)31;;/h7-31H,1-6H3;1-25H;1-18H;2*1H4. The molecular weight excluding hydrogens is 1720 g/mol. The molecule has 6 heterocycles. The van der Waals surface area contributed by atoms with Crippen LogP contribution in [-0.4, -0.2) is 59.5 Å². The zero-order valence-corrected chi connectivity index (χ0v) is 74.3. The highest BCUT2D eigenvalue weighted by Crippen LogP contribution is 2.47. The van der Waals surface area contributed by atoms with E-state index in [1.54, 1.807) is 48.6 Å². The summed E-state index contributed by atoms with van der Waals surface area (Å²) in [7, 11) is -9.03. The van der Waals surface area contributed by atoms with Crippen molar-refractivity contribution in [3.8, 4) is 22.5 Å². The summed E-state index contributed by atoms with van der Waals surface area (Å²) in [6.45, 7) is 7.30. The minimum atomic E-state index is -4.57. The molecule has 0 radical (unpaired) electrons. The first-order valence-corrected chi connectivity index (χ1v) is 44.4. The summed E-state index contributed by atoms with van der Waals surface area (Å²) in [5.41, 5.74) is 25.6. The molecule has 0 fully saturated rings. The molecular formula is C115H94B3F4N5O10. The highest BCUT2D eigenvalue weighted by Gasteiger charge is 2.62. The van der Waals surface area contributed by atoms with E-state index < -0.39 is 33.1 Å². The van der Waals surface area contributed by atoms with E-state index in [-0.39, 0.29) is 37.9 Å². The van der Waals surface area contributed by atoms with E-state index in [9.17, 15) is 26.9 Å². The van der Waals surface area contributed by atoms with Gasteiger partial charge in [0.1, 0.15) is 0 Å². The SMILES string of the molecule is C.C.CC(=O)O[B-]1(OC(C)=O)OC(c2ccc(N(c3ccc(C)cc3)c3ccc(C)cc3)cc2)=CC(c2ccc(N(c3ccc(C)cc3)c3ccc(C)cc3)cc2)=[O+]1.F[B-]1(F)OC(c2ccc(-n3c4ccccc4c4ccccc43)cc2)=CC(c2ccc(-n3c4ccccc4c4ccccc43)cc2)=[O+]1.F[B-]1(F)OC(c2ccccc2)=CC(=C2C=CC(=[N+]3c4ccccc4-c4ccccc43)C=C2)O1. The van der Waals surface area contributed by atoms with E-state index in [0.29, 0.717) is 44.9 Å². The van der Waals surface area contributed by atoms with Crippen LogP contribution in [0.15, 0.2) is 424 Å². The second-order valence-corrected chi connectivity index (χ2v) is 33.4. The Kier molecular flexibility index (Phi) is 25.1. The van der Waals surface area contributed by atoms with Gasteiger partial charge in [0.25, 0.3) is 23.5 Å². The van der Waals surface area contributed by atoms with Crippen molar-refractivity contribution in [3.05, 3.63) is 474 Å². The van der Waals surface area contributed by atoms with E-state index in [4.69, 9.17) is 36.6 Å². The van der Waals surface area contributed by atoms with Gasteiger partial charge in [0.05, 0.1) is 79.5 Å². The van der Waals surface area contributed by atoms with Crippen molar-refractivity contribution < 1.29 is 63.5 Å². The highest BCUT2D eigenvalue weighted by atomic mass is 19.3. The Labute approximate surface area is 791 Å². The summed E-state index contributed by atoms with van der Waals surface area (Å²) in [5, 5.41) is 4.62. The number of rotatable bonds is 15. The molecule has 15 aromatic carbocycles. The van der Waals surface area contributed by atoms with Crippen molar-refractivity contribution in [2.24, 2.45) is 0 Å². The number of allylic oxidation sites excluding steroid dienone is 8. The molecule has 0 amide bonds. The minimum absolute atomic E-state index is 0. The van der Waals surface area contributed by atoms with Crippen LogP contribution in [0, 0.1) is 27.7 Å². The highest BCUT2D eigenvalue weighted by molar-refractivity contribution is 6.58. The van der Waals surface area contributed by atoms with Crippen LogP contribution in [0.4, 0.5) is 62.8 Å². The Bertz CT molecular complexity index is 7530. The third kappa shape index (κ3) is 18.7. The van der Waals surface area contributed by atoms with Crippen LogP contribution >= 0.6 is 0 Å².